The molecule has 1 unspecified atom stereocenters. The first-order valence-electron chi connectivity index (χ1n) is 5.54. The average Bonchev–Trinajstić information content (AvgIpc) is 2.60. The predicted molar refractivity (Wildman–Crippen MR) is 59.8 cm³/mol. The number of amides is 1. The average molecular weight is 228 g/mol. The van der Waals surface area contributed by atoms with Crippen molar-refractivity contribution in [3.63, 3.8) is 0 Å². The molecule has 1 aliphatic heterocycles. The summed E-state index contributed by atoms with van der Waals surface area (Å²) in [6.45, 7) is 5.89. The van der Waals surface area contributed by atoms with Crippen LogP contribution in [-0.4, -0.2) is 40.5 Å². The minimum absolute atomic E-state index is 0.177. The van der Waals surface area contributed by atoms with Crippen LogP contribution >= 0.6 is 0 Å². The molecule has 5 heteroatoms. The first kappa shape index (κ1) is 13.0. The van der Waals surface area contributed by atoms with Gasteiger partial charge in [-0.15, -0.1) is 0 Å². The summed E-state index contributed by atoms with van der Waals surface area (Å²) in [5.41, 5.74) is 4.02. The summed E-state index contributed by atoms with van der Waals surface area (Å²) in [6.07, 6.45) is 1.05. The molecule has 92 valence electrons. The van der Waals surface area contributed by atoms with Crippen LogP contribution < -0.4 is 5.73 Å². The van der Waals surface area contributed by atoms with E-state index in [0.717, 1.165) is 0 Å². The zero-order valence-electron chi connectivity index (χ0n) is 10.1. The highest BCUT2D eigenvalue weighted by molar-refractivity contribution is 5.87. The number of carbonyl (C=O) groups is 2. The summed E-state index contributed by atoms with van der Waals surface area (Å²) in [7, 11) is 0. The Hall–Kier alpha value is -1.10. The number of rotatable bonds is 3. The number of nitrogens with zero attached hydrogens (tertiary/aromatic N) is 1. The second-order valence-corrected chi connectivity index (χ2v) is 5.14. The van der Waals surface area contributed by atoms with Crippen molar-refractivity contribution >= 4 is 11.9 Å². The van der Waals surface area contributed by atoms with Gasteiger partial charge in [0.1, 0.15) is 0 Å². The molecule has 1 atom stereocenters. The van der Waals surface area contributed by atoms with Crippen molar-refractivity contribution < 1.29 is 14.7 Å². The van der Waals surface area contributed by atoms with Gasteiger partial charge in [-0.05, 0) is 26.7 Å². The maximum Gasteiger partial charge on any atom is 0.311 e. The first-order valence-corrected chi connectivity index (χ1v) is 5.54. The van der Waals surface area contributed by atoms with Crippen molar-refractivity contribution in [3.05, 3.63) is 0 Å². The van der Waals surface area contributed by atoms with Crippen LogP contribution in [0.5, 0.6) is 0 Å². The van der Waals surface area contributed by atoms with Crippen molar-refractivity contribution in [2.24, 2.45) is 11.1 Å². The Morgan fingerprint density at radius 2 is 2.06 bits per heavy atom. The third-order valence-electron chi connectivity index (χ3n) is 3.32. The van der Waals surface area contributed by atoms with E-state index in [-0.39, 0.29) is 12.5 Å². The lowest BCUT2D eigenvalue weighted by molar-refractivity contribution is -0.149. The van der Waals surface area contributed by atoms with Crippen molar-refractivity contribution in [2.45, 2.75) is 39.2 Å². The summed E-state index contributed by atoms with van der Waals surface area (Å²) in [4.78, 5) is 24.7. The van der Waals surface area contributed by atoms with Crippen LogP contribution in [-0.2, 0) is 9.59 Å². The Morgan fingerprint density at radius 3 is 2.38 bits per heavy atom. The van der Waals surface area contributed by atoms with Crippen LogP contribution in [0.15, 0.2) is 0 Å². The van der Waals surface area contributed by atoms with E-state index >= 15 is 0 Å². The fourth-order valence-electron chi connectivity index (χ4n) is 2.07. The first-order chi connectivity index (χ1) is 7.23. The molecule has 5 nitrogen and oxygen atoms in total. The predicted octanol–water partition coefficient (Wildman–Crippen LogP) is 0.437. The van der Waals surface area contributed by atoms with Crippen molar-refractivity contribution in [1.82, 2.24) is 4.90 Å². The van der Waals surface area contributed by atoms with Crippen LogP contribution in [0.25, 0.3) is 0 Å². The van der Waals surface area contributed by atoms with E-state index in [9.17, 15) is 14.7 Å². The highest BCUT2D eigenvalue weighted by Crippen LogP contribution is 2.34. The molecule has 1 amide bonds. The molecule has 1 fully saturated rings. The molecule has 1 heterocycles. The smallest absolute Gasteiger partial charge is 0.311 e. The molecular weight excluding hydrogens is 208 g/mol. The van der Waals surface area contributed by atoms with Gasteiger partial charge < -0.3 is 15.7 Å². The zero-order chi connectivity index (χ0) is 12.6. The van der Waals surface area contributed by atoms with Gasteiger partial charge in [0.25, 0.3) is 0 Å². The van der Waals surface area contributed by atoms with Crippen LogP contribution in [0.1, 0.15) is 33.6 Å². The second-order valence-electron chi connectivity index (χ2n) is 5.14. The molecular formula is C11H20N2O3. The fourth-order valence-corrected chi connectivity index (χ4v) is 2.07. The van der Waals surface area contributed by atoms with Gasteiger partial charge in [0.05, 0.1) is 11.0 Å². The van der Waals surface area contributed by atoms with Gasteiger partial charge in [-0.1, -0.05) is 6.92 Å². The maximum atomic E-state index is 11.9. The number of carboxylic acid groups (broad SMARTS) is 1. The number of carboxylic acids is 1. The lowest BCUT2D eigenvalue weighted by Gasteiger charge is -2.27. The van der Waals surface area contributed by atoms with Crippen LogP contribution in [0.2, 0.25) is 0 Å². The lowest BCUT2D eigenvalue weighted by Crippen LogP contribution is -2.51. The van der Waals surface area contributed by atoms with Gasteiger partial charge in [-0.2, -0.15) is 0 Å². The molecule has 0 radical (unpaired) electrons. The summed E-state index contributed by atoms with van der Waals surface area (Å²) >= 11 is 0. The number of aliphatic carboxylic acids is 1. The Kier molecular flexibility index (Phi) is 3.28. The minimum atomic E-state index is -0.928. The zero-order valence-corrected chi connectivity index (χ0v) is 10.1. The molecule has 1 aliphatic rings. The van der Waals surface area contributed by atoms with Crippen molar-refractivity contribution in [2.75, 3.05) is 13.1 Å². The third kappa shape index (κ3) is 2.19. The van der Waals surface area contributed by atoms with Gasteiger partial charge in [0.15, 0.2) is 0 Å². The van der Waals surface area contributed by atoms with E-state index in [1.54, 1.807) is 18.7 Å². The third-order valence-corrected chi connectivity index (χ3v) is 3.32. The number of carbonyl (C=O) groups excluding carboxylic acids is 1. The second kappa shape index (κ2) is 4.05. The largest absolute Gasteiger partial charge is 0.481 e. The highest BCUT2D eigenvalue weighted by Gasteiger charge is 2.46. The summed E-state index contributed by atoms with van der Waals surface area (Å²) in [5, 5.41) is 9.20. The molecule has 0 saturated carbocycles. The molecule has 3 N–H and O–H groups in total. The molecule has 1 rings (SSSR count). The van der Waals surface area contributed by atoms with Crippen LogP contribution in [0.4, 0.5) is 0 Å². The normalized spacial score (nSPS) is 25.9. The van der Waals surface area contributed by atoms with Gasteiger partial charge in [0.2, 0.25) is 5.91 Å². The number of nitrogens with two attached hydrogens (primary N) is 1. The van der Waals surface area contributed by atoms with E-state index in [0.29, 0.717) is 19.4 Å². The molecule has 0 aliphatic carbocycles. The maximum absolute atomic E-state index is 11.9. The van der Waals surface area contributed by atoms with E-state index in [1.807, 2.05) is 6.92 Å². The summed E-state index contributed by atoms with van der Waals surface area (Å²) in [5.74, 6) is -0.996. The number of hydrogen-bond donors (Lipinski definition) is 2. The van der Waals surface area contributed by atoms with Crippen LogP contribution in [0.3, 0.4) is 0 Å². The van der Waals surface area contributed by atoms with Gasteiger partial charge in [0, 0.05) is 13.1 Å². The summed E-state index contributed by atoms with van der Waals surface area (Å²) in [6, 6.07) is 0. The summed E-state index contributed by atoms with van der Waals surface area (Å²) < 4.78 is 0. The number of hydrogen-bond acceptors (Lipinski definition) is 3. The lowest BCUT2D eigenvalue weighted by atomic mass is 9.84. The van der Waals surface area contributed by atoms with E-state index in [1.165, 1.54) is 0 Å². The Bertz CT molecular complexity index is 309. The van der Waals surface area contributed by atoms with E-state index in [2.05, 4.69) is 0 Å². The van der Waals surface area contributed by atoms with Gasteiger partial charge in [-0.3, -0.25) is 9.59 Å². The quantitative estimate of drug-likeness (QED) is 0.734. The molecule has 16 heavy (non-hydrogen) atoms. The Balaban J connectivity index is 2.79. The Morgan fingerprint density at radius 1 is 1.50 bits per heavy atom. The molecule has 0 aromatic carbocycles. The molecule has 1 saturated heterocycles. The SMILES string of the molecule is CCC1(C(=O)O)CCN(C(=O)C(C)(C)N)C1. The van der Waals surface area contributed by atoms with Crippen molar-refractivity contribution in [1.29, 1.82) is 0 Å². The van der Waals surface area contributed by atoms with E-state index < -0.39 is 16.9 Å². The number of likely N-dealkylation sites (tertiary alicyclic amines) is 1. The standard InChI is InChI=1S/C11H20N2O3/c1-4-11(9(15)16)5-6-13(7-11)8(14)10(2,3)12/h4-7,12H2,1-3H3,(H,15,16). The van der Waals surface area contributed by atoms with Gasteiger partial charge >= 0.3 is 5.97 Å². The van der Waals surface area contributed by atoms with Crippen molar-refractivity contribution in [3.8, 4) is 0 Å². The molecule has 0 bridgehead atoms. The van der Waals surface area contributed by atoms with E-state index in [4.69, 9.17) is 5.73 Å². The van der Waals surface area contributed by atoms with Crippen LogP contribution in [0, 0.1) is 5.41 Å². The monoisotopic (exact) mass is 228 g/mol. The molecule has 0 aromatic heterocycles. The molecule has 0 spiro atoms. The van der Waals surface area contributed by atoms with Gasteiger partial charge in [-0.25, -0.2) is 0 Å². The minimum Gasteiger partial charge on any atom is -0.481 e. The highest BCUT2D eigenvalue weighted by atomic mass is 16.4. The fraction of sp³-hybridized carbons (Fsp3) is 0.818. The Labute approximate surface area is 95.6 Å². The molecule has 0 aromatic rings. The topological polar surface area (TPSA) is 83.6 Å².